The lowest BCUT2D eigenvalue weighted by Gasteiger charge is -2.09. The molecule has 0 radical (unpaired) electrons. The molecular weight excluding hydrogens is 250 g/mol. The van der Waals surface area contributed by atoms with Crippen molar-refractivity contribution in [2.75, 3.05) is 0 Å². The maximum atomic E-state index is 11.9. The van der Waals surface area contributed by atoms with Gasteiger partial charge in [-0.2, -0.15) is 0 Å². The van der Waals surface area contributed by atoms with E-state index in [1.54, 1.807) is 0 Å². The number of rotatable bonds is 4. The summed E-state index contributed by atoms with van der Waals surface area (Å²) in [4.78, 5) is 11.9. The number of carbonyl (C=O) groups is 1. The molecule has 2 aromatic carbocycles. The SMILES string of the molecule is O=C1OC(c2ccccc2)CC1NCc1ccccc1. The van der Waals surface area contributed by atoms with Crippen molar-refractivity contribution in [2.24, 2.45) is 0 Å². The molecule has 1 aliphatic heterocycles. The molecule has 3 nitrogen and oxygen atoms in total. The topological polar surface area (TPSA) is 38.3 Å². The van der Waals surface area contributed by atoms with Crippen molar-refractivity contribution in [2.45, 2.75) is 25.1 Å². The predicted octanol–water partition coefficient (Wildman–Crippen LogP) is 2.83. The van der Waals surface area contributed by atoms with Crippen molar-refractivity contribution < 1.29 is 9.53 Å². The Labute approximate surface area is 118 Å². The van der Waals surface area contributed by atoms with E-state index in [9.17, 15) is 4.79 Å². The predicted molar refractivity (Wildman–Crippen MR) is 77.0 cm³/mol. The molecule has 3 heteroatoms. The Balaban J connectivity index is 1.60. The van der Waals surface area contributed by atoms with Gasteiger partial charge in [0.1, 0.15) is 12.1 Å². The maximum Gasteiger partial charge on any atom is 0.323 e. The van der Waals surface area contributed by atoms with Crippen LogP contribution in [0.25, 0.3) is 0 Å². The van der Waals surface area contributed by atoms with Gasteiger partial charge in [0.2, 0.25) is 0 Å². The van der Waals surface area contributed by atoms with Gasteiger partial charge in [0, 0.05) is 13.0 Å². The summed E-state index contributed by atoms with van der Waals surface area (Å²) in [7, 11) is 0. The van der Waals surface area contributed by atoms with Crippen LogP contribution in [0.3, 0.4) is 0 Å². The number of nitrogens with one attached hydrogen (secondary N) is 1. The standard InChI is InChI=1S/C17H17NO2/c19-17-15(18-12-13-7-3-1-4-8-13)11-16(20-17)14-9-5-2-6-10-14/h1-10,15-16,18H,11-12H2. The largest absolute Gasteiger partial charge is 0.456 e. The van der Waals surface area contributed by atoms with Crippen LogP contribution in [0.5, 0.6) is 0 Å². The van der Waals surface area contributed by atoms with Crippen LogP contribution in [0.2, 0.25) is 0 Å². The van der Waals surface area contributed by atoms with Crippen LogP contribution >= 0.6 is 0 Å². The van der Waals surface area contributed by atoms with Gasteiger partial charge in [-0.15, -0.1) is 0 Å². The fraction of sp³-hybridized carbons (Fsp3) is 0.235. The summed E-state index contributed by atoms with van der Waals surface area (Å²) < 4.78 is 5.45. The Morgan fingerprint density at radius 3 is 2.35 bits per heavy atom. The minimum atomic E-state index is -0.222. The van der Waals surface area contributed by atoms with Crippen molar-refractivity contribution in [1.29, 1.82) is 0 Å². The molecule has 1 N–H and O–H groups in total. The first-order valence-corrected chi connectivity index (χ1v) is 6.85. The number of carbonyl (C=O) groups excluding carboxylic acids is 1. The number of esters is 1. The zero-order valence-corrected chi connectivity index (χ0v) is 11.2. The van der Waals surface area contributed by atoms with E-state index in [2.05, 4.69) is 5.32 Å². The summed E-state index contributed by atoms with van der Waals surface area (Å²) in [5, 5.41) is 3.27. The third-order valence-electron chi connectivity index (χ3n) is 3.56. The lowest BCUT2D eigenvalue weighted by Crippen LogP contribution is -2.32. The molecule has 102 valence electrons. The first-order chi connectivity index (χ1) is 9.83. The molecule has 1 fully saturated rings. The van der Waals surface area contributed by atoms with Crippen LogP contribution in [0, 0.1) is 0 Å². The van der Waals surface area contributed by atoms with Crippen molar-refractivity contribution in [3.63, 3.8) is 0 Å². The van der Waals surface area contributed by atoms with Gasteiger partial charge >= 0.3 is 5.97 Å². The minimum Gasteiger partial charge on any atom is -0.456 e. The first kappa shape index (κ1) is 12.9. The van der Waals surface area contributed by atoms with Crippen LogP contribution in [-0.4, -0.2) is 12.0 Å². The lowest BCUT2D eigenvalue weighted by atomic mass is 10.0. The molecule has 0 amide bonds. The molecule has 1 saturated heterocycles. The number of cyclic esters (lactones) is 1. The van der Waals surface area contributed by atoms with Gasteiger partial charge in [-0.05, 0) is 11.1 Å². The molecule has 0 aliphatic carbocycles. The molecular formula is C17H17NO2. The van der Waals surface area contributed by atoms with Gasteiger partial charge in [-0.1, -0.05) is 60.7 Å². The summed E-state index contributed by atoms with van der Waals surface area (Å²) in [5.41, 5.74) is 2.23. The van der Waals surface area contributed by atoms with Crippen molar-refractivity contribution in [3.05, 3.63) is 71.8 Å². The summed E-state index contributed by atoms with van der Waals surface area (Å²) >= 11 is 0. The smallest absolute Gasteiger partial charge is 0.323 e. The van der Waals surface area contributed by atoms with Crippen LogP contribution in [0.4, 0.5) is 0 Å². The minimum absolute atomic E-state index is 0.128. The monoisotopic (exact) mass is 267 g/mol. The molecule has 20 heavy (non-hydrogen) atoms. The highest BCUT2D eigenvalue weighted by molar-refractivity contribution is 5.78. The van der Waals surface area contributed by atoms with Gasteiger partial charge in [-0.3, -0.25) is 4.79 Å². The van der Waals surface area contributed by atoms with E-state index in [1.807, 2.05) is 60.7 Å². The van der Waals surface area contributed by atoms with Gasteiger partial charge in [-0.25, -0.2) is 0 Å². The van der Waals surface area contributed by atoms with Crippen LogP contribution in [-0.2, 0) is 16.1 Å². The van der Waals surface area contributed by atoms with Gasteiger partial charge in [0.25, 0.3) is 0 Å². The molecule has 0 spiro atoms. The van der Waals surface area contributed by atoms with E-state index in [1.165, 1.54) is 5.56 Å². The third-order valence-corrected chi connectivity index (χ3v) is 3.56. The molecule has 2 atom stereocenters. The zero-order chi connectivity index (χ0) is 13.8. The summed E-state index contributed by atoms with van der Waals surface area (Å²) in [5.74, 6) is -0.158. The van der Waals surface area contributed by atoms with E-state index < -0.39 is 0 Å². The molecule has 1 heterocycles. The van der Waals surface area contributed by atoms with E-state index in [-0.39, 0.29) is 18.1 Å². The Hall–Kier alpha value is -2.13. The second kappa shape index (κ2) is 5.88. The van der Waals surface area contributed by atoms with Crippen molar-refractivity contribution in [3.8, 4) is 0 Å². The van der Waals surface area contributed by atoms with E-state index in [4.69, 9.17) is 4.74 Å². The van der Waals surface area contributed by atoms with Gasteiger partial charge < -0.3 is 10.1 Å². The van der Waals surface area contributed by atoms with Gasteiger partial charge in [0.15, 0.2) is 0 Å². The fourth-order valence-corrected chi connectivity index (χ4v) is 2.46. The van der Waals surface area contributed by atoms with Gasteiger partial charge in [0.05, 0.1) is 0 Å². The zero-order valence-electron chi connectivity index (χ0n) is 11.2. The molecule has 0 bridgehead atoms. The van der Waals surface area contributed by atoms with E-state index >= 15 is 0 Å². The molecule has 1 aliphatic rings. The fourth-order valence-electron chi connectivity index (χ4n) is 2.46. The Morgan fingerprint density at radius 1 is 1.00 bits per heavy atom. The molecule has 2 unspecified atom stereocenters. The Bertz CT molecular complexity index is 568. The normalized spacial score (nSPS) is 21.7. The highest BCUT2D eigenvalue weighted by atomic mass is 16.6. The average Bonchev–Trinajstić information content (AvgIpc) is 2.88. The second-order valence-corrected chi connectivity index (χ2v) is 4.99. The molecule has 0 saturated carbocycles. The van der Waals surface area contributed by atoms with E-state index in [0.29, 0.717) is 13.0 Å². The number of hydrogen-bond donors (Lipinski definition) is 1. The molecule has 3 rings (SSSR count). The summed E-state index contributed by atoms with van der Waals surface area (Å²) in [6, 6.07) is 19.7. The third kappa shape index (κ3) is 2.89. The Morgan fingerprint density at radius 2 is 1.65 bits per heavy atom. The molecule has 2 aromatic rings. The highest BCUT2D eigenvalue weighted by Gasteiger charge is 2.34. The van der Waals surface area contributed by atoms with Crippen molar-refractivity contribution in [1.82, 2.24) is 5.32 Å². The van der Waals surface area contributed by atoms with Crippen LogP contribution in [0.15, 0.2) is 60.7 Å². The average molecular weight is 267 g/mol. The highest BCUT2D eigenvalue weighted by Crippen LogP contribution is 2.29. The maximum absolute atomic E-state index is 11.9. The number of ether oxygens (including phenoxy) is 1. The summed E-state index contributed by atoms with van der Waals surface area (Å²) in [6.45, 7) is 0.683. The Kier molecular flexibility index (Phi) is 3.79. The first-order valence-electron chi connectivity index (χ1n) is 6.85. The van der Waals surface area contributed by atoms with Crippen LogP contribution in [0.1, 0.15) is 23.7 Å². The number of benzene rings is 2. The number of hydrogen-bond acceptors (Lipinski definition) is 3. The second-order valence-electron chi connectivity index (χ2n) is 4.99. The quantitative estimate of drug-likeness (QED) is 0.866. The van der Waals surface area contributed by atoms with E-state index in [0.717, 1.165) is 5.56 Å². The lowest BCUT2D eigenvalue weighted by molar-refractivity contribution is -0.143. The molecule has 0 aromatic heterocycles. The summed E-state index contributed by atoms with van der Waals surface area (Å²) in [6.07, 6.45) is 0.562. The van der Waals surface area contributed by atoms with Crippen molar-refractivity contribution >= 4 is 5.97 Å². The van der Waals surface area contributed by atoms with Crippen LogP contribution < -0.4 is 5.32 Å².